The molecule has 0 amide bonds. The summed E-state index contributed by atoms with van der Waals surface area (Å²) in [7, 11) is 0. The number of hydrogen-bond donors (Lipinski definition) is 2. The van der Waals surface area contributed by atoms with Crippen LogP contribution in [0.2, 0.25) is 5.02 Å². The van der Waals surface area contributed by atoms with Gasteiger partial charge >= 0.3 is 0 Å². The van der Waals surface area contributed by atoms with E-state index in [1.54, 1.807) is 0 Å². The summed E-state index contributed by atoms with van der Waals surface area (Å²) in [4.78, 5) is 5.68. The number of nitrogens with zero attached hydrogens (tertiary/aromatic N) is 1. The lowest BCUT2D eigenvalue weighted by Crippen LogP contribution is -2.48. The molecule has 0 bridgehead atoms. The Morgan fingerprint density at radius 3 is 2.50 bits per heavy atom. The molecule has 0 saturated carbocycles. The van der Waals surface area contributed by atoms with Crippen molar-refractivity contribution < 1.29 is 34.0 Å². The molecule has 9 heteroatoms. The zero-order valence-electron chi connectivity index (χ0n) is 19.1. The fourth-order valence-corrected chi connectivity index (χ4v) is 4.25. The average Bonchev–Trinajstić information content (AvgIpc) is 3.45. The van der Waals surface area contributed by atoms with Gasteiger partial charge in [-0.1, -0.05) is 41.9 Å². The van der Waals surface area contributed by atoms with E-state index < -0.39 is 5.79 Å². The lowest BCUT2D eigenvalue weighted by Gasteiger charge is -2.27. The number of ether oxygens (including phenoxy) is 4. The molecular weight excluding hydrogens is 462 g/mol. The van der Waals surface area contributed by atoms with Gasteiger partial charge in [0, 0.05) is 17.4 Å². The van der Waals surface area contributed by atoms with Gasteiger partial charge < -0.3 is 34.0 Å². The Kier molecular flexibility index (Phi) is 8.28. The first kappa shape index (κ1) is 24.8. The van der Waals surface area contributed by atoms with Gasteiger partial charge in [-0.25, -0.2) is 0 Å². The van der Waals surface area contributed by atoms with Gasteiger partial charge in [0.2, 0.25) is 0 Å². The third kappa shape index (κ3) is 6.00. The van der Waals surface area contributed by atoms with Crippen LogP contribution in [-0.4, -0.2) is 61.4 Å². The van der Waals surface area contributed by atoms with E-state index in [0.717, 1.165) is 29.7 Å². The van der Waals surface area contributed by atoms with Crippen LogP contribution in [0.4, 0.5) is 0 Å². The van der Waals surface area contributed by atoms with E-state index in [2.05, 4.69) is 12.1 Å². The molecule has 8 nitrogen and oxygen atoms in total. The first-order valence-corrected chi connectivity index (χ1v) is 11.8. The normalized spacial score (nSPS) is 19.1. The monoisotopic (exact) mass is 491 g/mol. The van der Waals surface area contributed by atoms with Crippen LogP contribution in [0.15, 0.2) is 47.6 Å². The van der Waals surface area contributed by atoms with Crippen molar-refractivity contribution in [2.24, 2.45) is 11.1 Å². The summed E-state index contributed by atoms with van der Waals surface area (Å²) >= 11 is 6.11. The van der Waals surface area contributed by atoms with E-state index in [-0.39, 0.29) is 51.7 Å². The molecule has 2 aliphatic rings. The van der Waals surface area contributed by atoms with Crippen molar-refractivity contribution in [2.45, 2.75) is 31.7 Å². The van der Waals surface area contributed by atoms with E-state index in [1.807, 2.05) is 42.5 Å². The van der Waals surface area contributed by atoms with Gasteiger partial charge in [0.25, 0.3) is 5.79 Å². The minimum absolute atomic E-state index is 0.0818. The van der Waals surface area contributed by atoms with E-state index in [4.69, 9.17) is 45.6 Å². The lowest BCUT2D eigenvalue weighted by molar-refractivity contribution is -0.172. The Labute approximate surface area is 204 Å². The molecule has 2 aromatic carbocycles. The summed E-state index contributed by atoms with van der Waals surface area (Å²) in [5.74, 6) is 0.213. The van der Waals surface area contributed by atoms with Crippen molar-refractivity contribution >= 4 is 17.3 Å². The smallest absolute Gasteiger partial charge is 0.298 e. The van der Waals surface area contributed by atoms with Crippen LogP contribution in [0.5, 0.6) is 11.5 Å². The van der Waals surface area contributed by atoms with Crippen molar-refractivity contribution in [3.8, 4) is 11.5 Å². The summed E-state index contributed by atoms with van der Waals surface area (Å²) in [6.45, 7) is 2.41. The summed E-state index contributed by atoms with van der Waals surface area (Å²) in [5, 5.41) is 23.1. The second-order valence-corrected chi connectivity index (χ2v) is 8.93. The van der Waals surface area contributed by atoms with Crippen LogP contribution in [0.3, 0.4) is 0 Å². The summed E-state index contributed by atoms with van der Waals surface area (Å²) in [6, 6.07) is 13.5. The largest absolute Gasteiger partial charge is 0.444 e. The quantitative estimate of drug-likeness (QED) is 0.438. The maximum atomic E-state index is 9.02. The molecule has 2 unspecified atom stereocenters. The predicted molar refractivity (Wildman–Crippen MR) is 126 cm³/mol. The molecule has 4 rings (SSSR count). The van der Waals surface area contributed by atoms with E-state index in [9.17, 15) is 0 Å². The zero-order chi connectivity index (χ0) is 24.0. The lowest BCUT2D eigenvalue weighted by atomic mass is 9.92. The minimum atomic E-state index is -1.16. The molecule has 0 spiro atoms. The molecule has 34 heavy (non-hydrogen) atoms. The number of benzene rings is 2. The Balaban J connectivity index is 1.38. The minimum Gasteiger partial charge on any atom is -0.444 e. The van der Waals surface area contributed by atoms with Gasteiger partial charge in [-0.2, -0.15) is 0 Å². The van der Waals surface area contributed by atoms with E-state index in [1.165, 1.54) is 0 Å². The zero-order valence-corrected chi connectivity index (χ0v) is 19.9. The Morgan fingerprint density at radius 1 is 1.06 bits per heavy atom. The summed E-state index contributed by atoms with van der Waals surface area (Å²) in [5.41, 5.74) is 3.10. The summed E-state index contributed by atoms with van der Waals surface area (Å²) < 4.78 is 23.1. The highest BCUT2D eigenvalue weighted by molar-refractivity contribution is 6.30. The molecule has 0 saturated heterocycles. The van der Waals surface area contributed by atoms with Crippen LogP contribution in [0.25, 0.3) is 0 Å². The van der Waals surface area contributed by atoms with E-state index in [0.29, 0.717) is 16.5 Å². The van der Waals surface area contributed by atoms with Crippen LogP contribution >= 0.6 is 11.6 Å². The summed E-state index contributed by atoms with van der Waals surface area (Å²) in [6.07, 6.45) is 1.36. The molecule has 2 N–H and O–H groups in total. The van der Waals surface area contributed by atoms with Gasteiger partial charge in [-0.15, -0.1) is 0 Å². The first-order valence-electron chi connectivity index (χ1n) is 11.4. The average molecular weight is 492 g/mol. The highest BCUT2D eigenvalue weighted by atomic mass is 35.5. The molecule has 0 fully saturated rings. The Morgan fingerprint density at radius 2 is 1.79 bits per heavy atom. The van der Waals surface area contributed by atoms with Gasteiger partial charge in [0.15, 0.2) is 17.6 Å². The molecule has 0 radical (unpaired) electrons. The topological polar surface area (TPSA) is 99.0 Å². The van der Waals surface area contributed by atoms with Gasteiger partial charge in [-0.05, 0) is 41.8 Å². The second-order valence-electron chi connectivity index (χ2n) is 8.49. The van der Waals surface area contributed by atoms with Gasteiger partial charge in [-0.3, -0.25) is 0 Å². The van der Waals surface area contributed by atoms with Crippen LogP contribution < -0.4 is 9.47 Å². The number of halogens is 1. The van der Waals surface area contributed by atoms with E-state index >= 15 is 0 Å². The number of oxime groups is 1. The molecule has 2 aromatic rings. The molecule has 2 heterocycles. The first-order chi connectivity index (χ1) is 16.5. The molecule has 0 aliphatic carbocycles. The van der Waals surface area contributed by atoms with Crippen molar-refractivity contribution in [1.29, 1.82) is 0 Å². The Hall–Kier alpha value is -2.36. The van der Waals surface area contributed by atoms with Crippen molar-refractivity contribution in [3.05, 3.63) is 58.6 Å². The van der Waals surface area contributed by atoms with Crippen LogP contribution in [0.1, 0.15) is 30.6 Å². The standard InChI is InChI=1S/C25H30ClNO7/c1-17(21-14-23(34-27-21)19-3-2-4-20(26)13-19)11-18-5-6-22-24(12-18)33-25(32-22,15-30-9-7-28)16-31-10-8-29/h2-6,12-13,17,23,28-29H,7-11,14-16H2,1H3. The SMILES string of the molecule is CC(Cc1ccc2c(c1)OC(COCCO)(COCCO)O2)C1=NOC(c2cccc(Cl)c2)C1. The maximum absolute atomic E-state index is 9.02. The molecule has 2 atom stereocenters. The molecule has 0 aromatic heterocycles. The molecule has 184 valence electrons. The fourth-order valence-electron chi connectivity index (χ4n) is 4.05. The van der Waals surface area contributed by atoms with Crippen molar-refractivity contribution in [3.63, 3.8) is 0 Å². The van der Waals surface area contributed by atoms with Crippen molar-refractivity contribution in [2.75, 3.05) is 39.6 Å². The highest BCUT2D eigenvalue weighted by Gasteiger charge is 2.43. The fraction of sp³-hybridized carbons (Fsp3) is 0.480. The number of fused-ring (bicyclic) bond motifs is 1. The maximum Gasteiger partial charge on any atom is 0.298 e. The van der Waals surface area contributed by atoms with Crippen molar-refractivity contribution in [1.82, 2.24) is 0 Å². The van der Waals surface area contributed by atoms with Gasteiger partial charge in [0.1, 0.15) is 13.2 Å². The third-order valence-corrected chi connectivity index (χ3v) is 5.97. The number of aliphatic hydroxyl groups is 2. The molecular formula is C25H30ClNO7. The number of aliphatic hydroxyl groups excluding tert-OH is 2. The highest BCUT2D eigenvalue weighted by Crippen LogP contribution is 2.41. The van der Waals surface area contributed by atoms with Gasteiger partial charge in [0.05, 0.1) is 32.1 Å². The Bertz CT molecular complexity index is 989. The van der Waals surface area contributed by atoms with Crippen LogP contribution in [-0.2, 0) is 20.7 Å². The third-order valence-electron chi connectivity index (χ3n) is 5.74. The number of rotatable bonds is 12. The van der Waals surface area contributed by atoms with Crippen LogP contribution in [0, 0.1) is 5.92 Å². The number of hydrogen-bond acceptors (Lipinski definition) is 8. The predicted octanol–water partition coefficient (Wildman–Crippen LogP) is 3.52. The molecule has 2 aliphatic heterocycles. The second kappa shape index (κ2) is 11.4.